The second kappa shape index (κ2) is 8.56. The van der Waals surface area contributed by atoms with E-state index in [0.717, 1.165) is 19.4 Å². The molecule has 3 rings (SSSR count). The summed E-state index contributed by atoms with van der Waals surface area (Å²) in [5.74, 6) is 0.707. The minimum Gasteiger partial charge on any atom is -0.375 e. The Morgan fingerprint density at radius 2 is 2.04 bits per heavy atom. The lowest BCUT2D eigenvalue weighted by atomic mass is 9.87. The molecule has 8 heteroatoms. The molecule has 1 spiro atoms. The van der Waals surface area contributed by atoms with Gasteiger partial charge in [-0.1, -0.05) is 38.0 Å². The maximum atomic E-state index is 12.8. The van der Waals surface area contributed by atoms with Crippen LogP contribution in [0.15, 0.2) is 6.20 Å². The van der Waals surface area contributed by atoms with Crippen molar-refractivity contribution < 1.29 is 14.3 Å². The molecule has 27 heavy (non-hydrogen) atoms. The first-order valence-electron chi connectivity index (χ1n) is 9.88. The van der Waals surface area contributed by atoms with Crippen LogP contribution in [0.4, 0.5) is 5.13 Å². The van der Waals surface area contributed by atoms with Gasteiger partial charge in [-0.3, -0.25) is 9.59 Å². The molecular formula is C19H30N4O3S. The predicted octanol–water partition coefficient (Wildman–Crippen LogP) is 2.39. The fourth-order valence-electron chi connectivity index (χ4n) is 3.97. The van der Waals surface area contributed by atoms with Gasteiger partial charge in [0.05, 0.1) is 24.8 Å². The number of nitrogens with two attached hydrogens (primary N) is 1. The number of nitrogen functional groups attached to an aromatic ring is 1. The summed E-state index contributed by atoms with van der Waals surface area (Å²) >= 11 is 1.21. The van der Waals surface area contributed by atoms with Crippen LogP contribution in [0.3, 0.4) is 0 Å². The van der Waals surface area contributed by atoms with E-state index in [4.69, 9.17) is 10.5 Å². The van der Waals surface area contributed by atoms with E-state index in [1.165, 1.54) is 17.5 Å². The normalized spacial score (nSPS) is 20.3. The van der Waals surface area contributed by atoms with Crippen LogP contribution < -0.4 is 5.73 Å². The molecule has 2 saturated heterocycles. The topological polar surface area (TPSA) is 88.8 Å². The van der Waals surface area contributed by atoms with Crippen molar-refractivity contribution in [3.05, 3.63) is 11.1 Å². The van der Waals surface area contributed by atoms with Gasteiger partial charge in [0.25, 0.3) is 5.91 Å². The van der Waals surface area contributed by atoms with E-state index < -0.39 is 5.60 Å². The number of ether oxygens (including phenoxy) is 1. The third-order valence-electron chi connectivity index (χ3n) is 5.93. The number of anilines is 1. The second-order valence-corrected chi connectivity index (χ2v) is 8.65. The van der Waals surface area contributed by atoms with Crippen LogP contribution in [0.5, 0.6) is 0 Å². The lowest BCUT2D eigenvalue weighted by molar-refractivity contribution is -0.135. The second-order valence-electron chi connectivity index (χ2n) is 7.59. The molecule has 2 fully saturated rings. The Morgan fingerprint density at radius 1 is 1.33 bits per heavy atom. The highest BCUT2D eigenvalue weighted by Crippen LogP contribution is 2.33. The zero-order chi connectivity index (χ0) is 19.4. The summed E-state index contributed by atoms with van der Waals surface area (Å²) in [5, 5.41) is 0.405. The largest absolute Gasteiger partial charge is 0.375 e. The zero-order valence-corrected chi connectivity index (χ0v) is 17.1. The van der Waals surface area contributed by atoms with Crippen LogP contribution in [-0.2, 0) is 9.53 Å². The molecule has 3 heterocycles. The zero-order valence-electron chi connectivity index (χ0n) is 16.3. The molecule has 0 aromatic carbocycles. The van der Waals surface area contributed by atoms with Crippen LogP contribution in [0, 0.1) is 5.92 Å². The number of piperidine rings is 1. The van der Waals surface area contributed by atoms with E-state index in [1.54, 1.807) is 0 Å². The molecule has 1 aromatic heterocycles. The first kappa shape index (κ1) is 20.1. The highest BCUT2D eigenvalue weighted by atomic mass is 32.1. The third-order valence-corrected chi connectivity index (χ3v) is 6.74. The van der Waals surface area contributed by atoms with Crippen LogP contribution in [0.2, 0.25) is 0 Å². The van der Waals surface area contributed by atoms with Gasteiger partial charge in [0.15, 0.2) is 5.13 Å². The number of thiazole rings is 1. The molecule has 0 radical (unpaired) electrons. The smallest absolute Gasteiger partial charge is 0.265 e. The Labute approximate surface area is 164 Å². The molecule has 0 unspecified atom stereocenters. The molecule has 0 bridgehead atoms. The average Bonchev–Trinajstić information content (AvgIpc) is 3.04. The number of likely N-dealkylation sites (tertiary alicyclic amines) is 1. The van der Waals surface area contributed by atoms with E-state index in [0.29, 0.717) is 61.4 Å². The van der Waals surface area contributed by atoms with Crippen molar-refractivity contribution >= 4 is 28.3 Å². The summed E-state index contributed by atoms with van der Waals surface area (Å²) in [6, 6.07) is 0. The number of carbonyl (C=O) groups excluding carboxylic acids is 2. The maximum Gasteiger partial charge on any atom is 0.265 e. The minimum absolute atomic E-state index is 0.0330. The fraction of sp³-hybridized carbons (Fsp3) is 0.737. The lowest BCUT2D eigenvalue weighted by Crippen LogP contribution is -2.49. The van der Waals surface area contributed by atoms with E-state index in [-0.39, 0.29) is 11.8 Å². The average molecular weight is 395 g/mol. The molecule has 2 aliphatic rings. The van der Waals surface area contributed by atoms with Gasteiger partial charge >= 0.3 is 0 Å². The minimum atomic E-state index is -0.427. The summed E-state index contributed by atoms with van der Waals surface area (Å²) < 4.78 is 6.19. The van der Waals surface area contributed by atoms with Crippen molar-refractivity contribution in [3.63, 3.8) is 0 Å². The lowest BCUT2D eigenvalue weighted by Gasteiger charge is -2.40. The standard InChI is InChI=1S/C19H30N4O3S/c1-3-14(4-2)13-23-9-10-26-19(11-16(23)24)5-7-22(8-6-19)17(25)15-12-21-18(20)27-15/h12,14H,3-11,13H2,1-2H3,(H2,20,21). The van der Waals surface area contributed by atoms with Crippen molar-refractivity contribution in [2.24, 2.45) is 5.92 Å². The number of carbonyl (C=O) groups is 2. The molecule has 150 valence electrons. The summed E-state index contributed by atoms with van der Waals surface area (Å²) in [4.78, 5) is 33.7. The van der Waals surface area contributed by atoms with Crippen molar-refractivity contribution in [2.45, 2.75) is 51.6 Å². The maximum absolute atomic E-state index is 12.8. The molecular weight excluding hydrogens is 364 g/mol. The Hall–Kier alpha value is -1.67. The summed E-state index contributed by atoms with van der Waals surface area (Å²) in [5.41, 5.74) is 5.20. The van der Waals surface area contributed by atoms with Gasteiger partial charge < -0.3 is 20.3 Å². The predicted molar refractivity (Wildman–Crippen MR) is 106 cm³/mol. The molecule has 7 nitrogen and oxygen atoms in total. The summed E-state index contributed by atoms with van der Waals surface area (Å²) in [6.07, 6.45) is 5.52. The van der Waals surface area contributed by atoms with Crippen molar-refractivity contribution in [1.29, 1.82) is 0 Å². The quantitative estimate of drug-likeness (QED) is 0.828. The molecule has 1 aromatic rings. The molecule has 0 aliphatic carbocycles. The fourth-order valence-corrected chi connectivity index (χ4v) is 4.62. The number of nitrogens with zero attached hydrogens (tertiary/aromatic N) is 3. The van der Waals surface area contributed by atoms with Gasteiger partial charge in [-0.05, 0) is 18.8 Å². The van der Waals surface area contributed by atoms with Crippen LogP contribution in [0.1, 0.15) is 55.6 Å². The number of hydrogen-bond donors (Lipinski definition) is 1. The van der Waals surface area contributed by atoms with Gasteiger partial charge in [0.1, 0.15) is 4.88 Å². The Morgan fingerprint density at radius 3 is 2.63 bits per heavy atom. The first-order chi connectivity index (χ1) is 13.0. The van der Waals surface area contributed by atoms with Gasteiger partial charge in [0.2, 0.25) is 5.91 Å². The van der Waals surface area contributed by atoms with Crippen LogP contribution >= 0.6 is 11.3 Å². The molecule has 2 aliphatic heterocycles. The molecule has 0 saturated carbocycles. The van der Waals surface area contributed by atoms with E-state index in [2.05, 4.69) is 18.8 Å². The monoisotopic (exact) mass is 394 g/mol. The number of amides is 2. The van der Waals surface area contributed by atoms with E-state index in [9.17, 15) is 9.59 Å². The highest BCUT2D eigenvalue weighted by molar-refractivity contribution is 7.17. The Bertz CT molecular complexity index is 666. The van der Waals surface area contributed by atoms with Crippen LogP contribution in [0.25, 0.3) is 0 Å². The van der Waals surface area contributed by atoms with Gasteiger partial charge in [-0.25, -0.2) is 4.98 Å². The van der Waals surface area contributed by atoms with Crippen molar-refractivity contribution in [1.82, 2.24) is 14.8 Å². The SMILES string of the molecule is CCC(CC)CN1CCOC2(CCN(C(=O)c3cnc(N)s3)CC2)CC1=O. The molecule has 2 N–H and O–H groups in total. The third kappa shape index (κ3) is 4.60. The Balaban J connectivity index is 1.59. The van der Waals surface area contributed by atoms with Crippen LogP contribution in [-0.4, -0.2) is 65.0 Å². The highest BCUT2D eigenvalue weighted by Gasteiger charge is 2.41. The van der Waals surface area contributed by atoms with Crippen molar-refractivity contribution in [3.8, 4) is 0 Å². The molecule has 2 amide bonds. The molecule has 0 atom stereocenters. The summed E-state index contributed by atoms with van der Waals surface area (Å²) in [6.45, 7) is 7.61. The van der Waals surface area contributed by atoms with E-state index >= 15 is 0 Å². The summed E-state index contributed by atoms with van der Waals surface area (Å²) in [7, 11) is 0. The van der Waals surface area contributed by atoms with E-state index in [1.807, 2.05) is 9.80 Å². The van der Waals surface area contributed by atoms with Crippen molar-refractivity contribution in [2.75, 3.05) is 38.5 Å². The van der Waals surface area contributed by atoms with Gasteiger partial charge in [0, 0.05) is 26.2 Å². The number of hydrogen-bond acceptors (Lipinski definition) is 6. The number of aromatic nitrogens is 1. The van der Waals surface area contributed by atoms with Gasteiger partial charge in [-0.2, -0.15) is 0 Å². The van der Waals surface area contributed by atoms with Gasteiger partial charge in [-0.15, -0.1) is 0 Å². The Kier molecular flexibility index (Phi) is 6.37. The number of rotatable bonds is 5. The first-order valence-corrected chi connectivity index (χ1v) is 10.7.